The van der Waals surface area contributed by atoms with Crippen LogP contribution in [-0.2, 0) is 16.6 Å². The van der Waals surface area contributed by atoms with Crippen LogP contribution in [-0.4, -0.2) is 25.4 Å². The summed E-state index contributed by atoms with van der Waals surface area (Å²) in [5.74, 6) is 0.324. The molecule has 2 heterocycles. The van der Waals surface area contributed by atoms with Crippen molar-refractivity contribution in [2.24, 2.45) is 0 Å². The summed E-state index contributed by atoms with van der Waals surface area (Å²) in [6.07, 6.45) is 3.01. The number of pyridine rings is 1. The fourth-order valence-electron chi connectivity index (χ4n) is 1.70. The summed E-state index contributed by atoms with van der Waals surface area (Å²) in [4.78, 5) is 7.17. The zero-order chi connectivity index (χ0) is 14.8. The summed E-state index contributed by atoms with van der Waals surface area (Å²) in [5, 5.41) is 2.95. The molecular weight excluding hydrogens is 344 g/mol. The van der Waals surface area contributed by atoms with Crippen molar-refractivity contribution in [2.45, 2.75) is 18.4 Å². The van der Waals surface area contributed by atoms with Gasteiger partial charge in [-0.25, -0.2) is 13.4 Å². The summed E-state index contributed by atoms with van der Waals surface area (Å²) in [6, 6.07) is 3.39. The summed E-state index contributed by atoms with van der Waals surface area (Å²) < 4.78 is 27.8. The second kappa shape index (κ2) is 5.94. The fourth-order valence-corrected chi connectivity index (χ4v) is 3.24. The Hall–Kier alpha value is -1.38. The van der Waals surface area contributed by atoms with E-state index in [1.807, 2.05) is 0 Å². The van der Waals surface area contributed by atoms with E-state index in [9.17, 15) is 8.42 Å². The number of sulfonamides is 1. The number of aromatic nitrogens is 2. The monoisotopic (exact) mass is 358 g/mol. The lowest BCUT2D eigenvalue weighted by Crippen LogP contribution is -2.14. The third kappa shape index (κ3) is 3.38. The highest BCUT2D eigenvalue weighted by molar-refractivity contribution is 9.10. The van der Waals surface area contributed by atoms with Crippen molar-refractivity contribution < 1.29 is 8.42 Å². The van der Waals surface area contributed by atoms with Gasteiger partial charge in [0.05, 0.1) is 0 Å². The van der Waals surface area contributed by atoms with Gasteiger partial charge in [0.1, 0.15) is 10.7 Å². The standard InChI is InChI=1S/C12H15BrN4O2S/c1-8-3-9(13)5-16-12(8)17-20(18,19)11-4-10(6-14-2)15-7-11/h3-5,7,14-15H,6H2,1-2H3,(H,16,17). The first-order valence-corrected chi connectivity index (χ1v) is 8.17. The third-order valence-corrected chi connectivity index (χ3v) is 4.42. The molecule has 0 spiro atoms. The van der Waals surface area contributed by atoms with Gasteiger partial charge in [-0.3, -0.25) is 4.72 Å². The quantitative estimate of drug-likeness (QED) is 0.762. The van der Waals surface area contributed by atoms with E-state index < -0.39 is 10.0 Å². The van der Waals surface area contributed by atoms with Gasteiger partial charge in [-0.2, -0.15) is 0 Å². The molecule has 0 fully saturated rings. The van der Waals surface area contributed by atoms with Crippen LogP contribution in [0.1, 0.15) is 11.3 Å². The summed E-state index contributed by atoms with van der Waals surface area (Å²) in [5.41, 5.74) is 1.54. The molecule has 6 nitrogen and oxygen atoms in total. The highest BCUT2D eigenvalue weighted by atomic mass is 79.9. The van der Waals surface area contributed by atoms with Crippen molar-refractivity contribution in [2.75, 3.05) is 11.8 Å². The number of rotatable bonds is 5. The Morgan fingerprint density at radius 1 is 1.40 bits per heavy atom. The van der Waals surface area contributed by atoms with Crippen molar-refractivity contribution in [3.05, 3.63) is 40.3 Å². The summed E-state index contributed by atoms with van der Waals surface area (Å²) in [6.45, 7) is 2.37. The van der Waals surface area contributed by atoms with Crippen molar-refractivity contribution in [3.63, 3.8) is 0 Å². The van der Waals surface area contributed by atoms with Gasteiger partial charge in [-0.05, 0) is 47.6 Å². The van der Waals surface area contributed by atoms with Crippen LogP contribution in [0.4, 0.5) is 5.82 Å². The molecule has 0 amide bonds. The molecule has 3 N–H and O–H groups in total. The van der Waals surface area contributed by atoms with E-state index in [1.165, 1.54) is 6.20 Å². The number of aromatic amines is 1. The number of nitrogens with zero attached hydrogens (tertiary/aromatic N) is 1. The van der Waals surface area contributed by atoms with Crippen LogP contribution in [0.15, 0.2) is 33.9 Å². The van der Waals surface area contributed by atoms with Gasteiger partial charge in [-0.1, -0.05) is 0 Å². The Labute approximate surface area is 126 Å². The van der Waals surface area contributed by atoms with Crippen LogP contribution < -0.4 is 10.0 Å². The lowest BCUT2D eigenvalue weighted by atomic mass is 10.3. The van der Waals surface area contributed by atoms with Gasteiger partial charge in [0.25, 0.3) is 10.0 Å². The molecule has 0 aliphatic carbocycles. The molecule has 0 aliphatic heterocycles. The van der Waals surface area contributed by atoms with Gasteiger partial charge in [0.2, 0.25) is 0 Å². The molecule has 0 radical (unpaired) electrons. The zero-order valence-electron chi connectivity index (χ0n) is 11.1. The van der Waals surface area contributed by atoms with E-state index >= 15 is 0 Å². The minimum absolute atomic E-state index is 0.187. The van der Waals surface area contributed by atoms with E-state index in [-0.39, 0.29) is 4.90 Å². The maximum Gasteiger partial charge on any atom is 0.264 e. The smallest absolute Gasteiger partial charge is 0.264 e. The molecule has 20 heavy (non-hydrogen) atoms. The second-order valence-electron chi connectivity index (χ2n) is 4.32. The van der Waals surface area contributed by atoms with Crippen LogP contribution >= 0.6 is 15.9 Å². The van der Waals surface area contributed by atoms with E-state index in [4.69, 9.17) is 0 Å². The number of halogens is 1. The van der Waals surface area contributed by atoms with E-state index in [0.29, 0.717) is 12.4 Å². The number of anilines is 1. The van der Waals surface area contributed by atoms with Gasteiger partial charge in [0.15, 0.2) is 0 Å². The number of H-pyrrole nitrogens is 1. The molecule has 2 rings (SSSR count). The highest BCUT2D eigenvalue weighted by Crippen LogP contribution is 2.20. The summed E-state index contributed by atoms with van der Waals surface area (Å²) in [7, 11) is -1.84. The largest absolute Gasteiger partial charge is 0.363 e. The number of hydrogen-bond acceptors (Lipinski definition) is 4. The Bertz CT molecular complexity index is 712. The number of aryl methyl sites for hydroxylation is 1. The third-order valence-electron chi connectivity index (χ3n) is 2.67. The molecule has 0 aromatic carbocycles. The normalized spacial score (nSPS) is 11.6. The lowest BCUT2D eigenvalue weighted by molar-refractivity contribution is 0.601. The van der Waals surface area contributed by atoms with Gasteiger partial charge in [-0.15, -0.1) is 0 Å². The molecule has 0 aliphatic rings. The topological polar surface area (TPSA) is 86.9 Å². The molecule has 8 heteroatoms. The second-order valence-corrected chi connectivity index (χ2v) is 6.91. The molecule has 0 saturated heterocycles. The van der Waals surface area contributed by atoms with Crippen LogP contribution in [0.3, 0.4) is 0 Å². The Kier molecular flexibility index (Phi) is 4.46. The predicted molar refractivity (Wildman–Crippen MR) is 81.0 cm³/mol. The van der Waals surface area contributed by atoms with Crippen molar-refractivity contribution in [3.8, 4) is 0 Å². The highest BCUT2D eigenvalue weighted by Gasteiger charge is 2.17. The average Bonchev–Trinajstić information content (AvgIpc) is 2.83. The Morgan fingerprint density at radius 2 is 2.15 bits per heavy atom. The van der Waals surface area contributed by atoms with Crippen LogP contribution in [0.25, 0.3) is 0 Å². The fraction of sp³-hybridized carbons (Fsp3) is 0.250. The first-order valence-electron chi connectivity index (χ1n) is 5.89. The number of hydrogen-bond donors (Lipinski definition) is 3. The van der Waals surface area contributed by atoms with E-state index in [0.717, 1.165) is 15.7 Å². The van der Waals surface area contributed by atoms with Gasteiger partial charge < -0.3 is 10.3 Å². The molecule has 2 aromatic rings. The van der Waals surface area contributed by atoms with Crippen molar-refractivity contribution in [1.29, 1.82) is 0 Å². The van der Waals surface area contributed by atoms with E-state index in [1.54, 1.807) is 32.3 Å². The molecule has 0 atom stereocenters. The first-order chi connectivity index (χ1) is 9.42. The molecule has 108 valence electrons. The van der Waals surface area contributed by atoms with Crippen LogP contribution in [0, 0.1) is 6.92 Å². The molecule has 0 saturated carbocycles. The minimum atomic E-state index is -3.63. The Morgan fingerprint density at radius 3 is 2.80 bits per heavy atom. The van der Waals surface area contributed by atoms with Gasteiger partial charge >= 0.3 is 0 Å². The Balaban J connectivity index is 2.26. The SMILES string of the molecule is CNCc1cc(S(=O)(=O)Nc2ncc(Br)cc2C)c[nH]1. The first kappa shape index (κ1) is 15.0. The van der Waals surface area contributed by atoms with Crippen molar-refractivity contribution in [1.82, 2.24) is 15.3 Å². The maximum atomic E-state index is 12.3. The lowest BCUT2D eigenvalue weighted by Gasteiger charge is -2.08. The van der Waals surface area contributed by atoms with E-state index in [2.05, 4.69) is 35.9 Å². The molecular formula is C12H15BrN4O2S. The zero-order valence-corrected chi connectivity index (χ0v) is 13.5. The van der Waals surface area contributed by atoms with Crippen LogP contribution in [0.5, 0.6) is 0 Å². The average molecular weight is 359 g/mol. The summed E-state index contributed by atoms with van der Waals surface area (Å²) >= 11 is 3.29. The number of nitrogens with one attached hydrogen (secondary N) is 3. The van der Waals surface area contributed by atoms with Gasteiger partial charge in [0, 0.05) is 29.1 Å². The molecule has 0 unspecified atom stereocenters. The maximum absolute atomic E-state index is 12.3. The van der Waals surface area contributed by atoms with Crippen molar-refractivity contribution >= 4 is 31.8 Å². The van der Waals surface area contributed by atoms with Crippen LogP contribution in [0.2, 0.25) is 0 Å². The predicted octanol–water partition coefficient (Wildman–Crippen LogP) is 2.00. The molecule has 2 aromatic heterocycles. The minimum Gasteiger partial charge on any atom is -0.363 e. The molecule has 0 bridgehead atoms.